The van der Waals surface area contributed by atoms with Gasteiger partial charge in [-0.1, -0.05) is 30.9 Å². The van der Waals surface area contributed by atoms with Crippen LogP contribution in [0, 0.1) is 9.49 Å². The topological polar surface area (TPSA) is 29.1 Å². The van der Waals surface area contributed by atoms with Crippen LogP contribution in [0.1, 0.15) is 49.4 Å². The van der Waals surface area contributed by atoms with Crippen LogP contribution in [-0.4, -0.2) is 11.9 Å². The van der Waals surface area contributed by atoms with Crippen molar-refractivity contribution in [1.29, 1.82) is 0 Å². The lowest BCUT2D eigenvalue weighted by atomic mass is 9.84. The summed E-state index contributed by atoms with van der Waals surface area (Å²) in [6.45, 7) is 2.11. The second-order valence-electron chi connectivity index (χ2n) is 5.29. The molecule has 0 radical (unpaired) electrons. The van der Waals surface area contributed by atoms with E-state index in [1.807, 2.05) is 12.1 Å². The summed E-state index contributed by atoms with van der Waals surface area (Å²) >= 11 is 8.22. The highest BCUT2D eigenvalue weighted by Crippen LogP contribution is 2.26. The van der Waals surface area contributed by atoms with Crippen molar-refractivity contribution in [3.05, 3.63) is 32.4 Å². The number of amides is 1. The van der Waals surface area contributed by atoms with Gasteiger partial charge in [-0.15, -0.1) is 0 Å². The molecule has 0 heterocycles. The first-order valence-corrected chi connectivity index (χ1v) is 8.29. The molecule has 1 aliphatic rings. The third kappa shape index (κ3) is 4.09. The van der Waals surface area contributed by atoms with Crippen molar-refractivity contribution >= 4 is 40.1 Å². The number of carbonyl (C=O) groups excluding carboxylic acids is 1. The van der Waals surface area contributed by atoms with Crippen LogP contribution in [0.2, 0.25) is 5.02 Å². The molecule has 2 rings (SSSR count). The maximum absolute atomic E-state index is 12.2. The van der Waals surface area contributed by atoms with Gasteiger partial charge in [0.2, 0.25) is 0 Å². The van der Waals surface area contributed by atoms with Crippen LogP contribution in [0.15, 0.2) is 18.2 Å². The number of hydrogen-bond acceptors (Lipinski definition) is 1. The van der Waals surface area contributed by atoms with Gasteiger partial charge in [-0.2, -0.15) is 0 Å². The van der Waals surface area contributed by atoms with Crippen molar-refractivity contribution in [3.63, 3.8) is 0 Å². The van der Waals surface area contributed by atoms with Gasteiger partial charge in [0.1, 0.15) is 0 Å². The van der Waals surface area contributed by atoms with Gasteiger partial charge in [0.05, 0.1) is 5.02 Å². The summed E-state index contributed by atoms with van der Waals surface area (Å²) in [5.41, 5.74) is 0.646. The molecule has 0 bridgehead atoms. The maximum atomic E-state index is 12.2. The van der Waals surface area contributed by atoms with E-state index in [4.69, 9.17) is 11.6 Å². The van der Waals surface area contributed by atoms with E-state index in [2.05, 4.69) is 34.8 Å². The molecular formula is C15H19ClINO. The van der Waals surface area contributed by atoms with Gasteiger partial charge in [0.25, 0.3) is 5.91 Å². The Hall–Kier alpha value is -0.290. The molecule has 1 atom stereocenters. The normalized spacial score (nSPS) is 18.1. The average molecular weight is 392 g/mol. The molecule has 0 saturated heterocycles. The van der Waals surface area contributed by atoms with Crippen molar-refractivity contribution in [2.75, 3.05) is 0 Å². The summed E-state index contributed by atoms with van der Waals surface area (Å²) in [7, 11) is 0. The minimum absolute atomic E-state index is 0.0172. The van der Waals surface area contributed by atoms with Crippen LogP contribution in [0.5, 0.6) is 0 Å². The molecule has 1 aromatic carbocycles. The summed E-state index contributed by atoms with van der Waals surface area (Å²) in [4.78, 5) is 12.2. The van der Waals surface area contributed by atoms with E-state index in [0.29, 0.717) is 16.5 Å². The third-order valence-corrected chi connectivity index (χ3v) is 5.47. The van der Waals surface area contributed by atoms with Crippen molar-refractivity contribution < 1.29 is 4.79 Å². The van der Waals surface area contributed by atoms with E-state index >= 15 is 0 Å². The molecule has 2 nitrogen and oxygen atoms in total. The first-order chi connectivity index (χ1) is 9.08. The van der Waals surface area contributed by atoms with Gasteiger partial charge >= 0.3 is 0 Å². The highest BCUT2D eigenvalue weighted by molar-refractivity contribution is 14.1. The Morgan fingerprint density at radius 2 is 2.05 bits per heavy atom. The molecule has 0 aromatic heterocycles. The number of halogens is 2. The van der Waals surface area contributed by atoms with Gasteiger partial charge in [-0.05, 0) is 66.5 Å². The van der Waals surface area contributed by atoms with Crippen LogP contribution in [-0.2, 0) is 0 Å². The smallest absolute Gasteiger partial charge is 0.251 e. The monoisotopic (exact) mass is 391 g/mol. The van der Waals surface area contributed by atoms with Gasteiger partial charge in [-0.3, -0.25) is 4.79 Å². The molecule has 1 aliphatic carbocycles. The fourth-order valence-corrected chi connectivity index (χ4v) is 3.20. The van der Waals surface area contributed by atoms with E-state index in [1.165, 1.54) is 32.1 Å². The molecule has 1 fully saturated rings. The fourth-order valence-electron chi connectivity index (χ4n) is 2.68. The van der Waals surface area contributed by atoms with E-state index in [9.17, 15) is 4.79 Å². The summed E-state index contributed by atoms with van der Waals surface area (Å²) < 4.78 is 0.969. The van der Waals surface area contributed by atoms with Gasteiger partial charge in [0.15, 0.2) is 0 Å². The zero-order valence-electron chi connectivity index (χ0n) is 11.1. The van der Waals surface area contributed by atoms with Crippen LogP contribution in [0.4, 0.5) is 0 Å². The quantitative estimate of drug-likeness (QED) is 0.747. The van der Waals surface area contributed by atoms with Gasteiger partial charge in [-0.25, -0.2) is 0 Å². The highest BCUT2D eigenvalue weighted by Gasteiger charge is 2.21. The molecule has 1 saturated carbocycles. The van der Waals surface area contributed by atoms with E-state index in [-0.39, 0.29) is 11.9 Å². The second-order valence-corrected chi connectivity index (χ2v) is 6.86. The Labute approximate surface area is 133 Å². The Morgan fingerprint density at radius 1 is 1.37 bits per heavy atom. The molecule has 0 aliphatic heterocycles. The zero-order valence-corrected chi connectivity index (χ0v) is 14.0. The summed E-state index contributed by atoms with van der Waals surface area (Å²) in [5.74, 6) is 0.605. The Bertz CT molecular complexity index is 457. The predicted octanol–water partition coefficient (Wildman–Crippen LogP) is 4.64. The molecular weight excluding hydrogens is 373 g/mol. The zero-order chi connectivity index (χ0) is 13.8. The first kappa shape index (κ1) is 15.1. The predicted molar refractivity (Wildman–Crippen MR) is 87.7 cm³/mol. The minimum atomic E-state index is -0.0172. The Balaban J connectivity index is 1.97. The molecule has 104 valence electrons. The highest BCUT2D eigenvalue weighted by atomic mass is 127. The molecule has 0 spiro atoms. The summed E-state index contributed by atoms with van der Waals surface area (Å²) in [6, 6.07) is 5.69. The lowest BCUT2D eigenvalue weighted by Gasteiger charge is -2.28. The fraction of sp³-hybridized carbons (Fsp3) is 0.533. The number of carbonyl (C=O) groups is 1. The second kappa shape index (κ2) is 6.93. The van der Waals surface area contributed by atoms with Crippen molar-refractivity contribution in [3.8, 4) is 0 Å². The van der Waals surface area contributed by atoms with E-state index in [1.54, 1.807) is 6.07 Å². The van der Waals surface area contributed by atoms with Crippen LogP contribution < -0.4 is 5.32 Å². The van der Waals surface area contributed by atoms with Gasteiger partial charge in [0, 0.05) is 15.2 Å². The standard InChI is InChI=1S/C15H19ClINO/c1-10(11-5-3-2-4-6-11)18-15(19)12-7-8-14(17)13(16)9-12/h7-11H,2-6H2,1H3,(H,18,19). The molecule has 1 amide bonds. The summed E-state index contributed by atoms with van der Waals surface area (Å²) in [5, 5.41) is 3.75. The average Bonchev–Trinajstić information content (AvgIpc) is 2.42. The van der Waals surface area contributed by atoms with Crippen LogP contribution >= 0.6 is 34.2 Å². The first-order valence-electron chi connectivity index (χ1n) is 6.84. The third-order valence-electron chi connectivity index (χ3n) is 3.90. The number of benzene rings is 1. The van der Waals surface area contributed by atoms with Crippen molar-refractivity contribution in [2.45, 2.75) is 45.1 Å². The maximum Gasteiger partial charge on any atom is 0.251 e. The van der Waals surface area contributed by atoms with E-state index in [0.717, 1.165) is 3.57 Å². The Kier molecular flexibility index (Phi) is 5.51. The number of hydrogen-bond donors (Lipinski definition) is 1. The lowest BCUT2D eigenvalue weighted by Crippen LogP contribution is -2.38. The molecule has 19 heavy (non-hydrogen) atoms. The molecule has 1 unspecified atom stereocenters. The lowest BCUT2D eigenvalue weighted by molar-refractivity contribution is 0.0919. The molecule has 1 N–H and O–H groups in total. The summed E-state index contributed by atoms with van der Waals surface area (Å²) in [6.07, 6.45) is 6.38. The molecule has 1 aromatic rings. The van der Waals surface area contributed by atoms with Crippen molar-refractivity contribution in [1.82, 2.24) is 5.32 Å². The minimum Gasteiger partial charge on any atom is -0.349 e. The van der Waals surface area contributed by atoms with E-state index < -0.39 is 0 Å². The molecule has 4 heteroatoms. The Morgan fingerprint density at radius 3 is 2.68 bits per heavy atom. The van der Waals surface area contributed by atoms with Crippen LogP contribution in [0.3, 0.4) is 0 Å². The largest absolute Gasteiger partial charge is 0.349 e. The number of nitrogens with one attached hydrogen (secondary N) is 1. The van der Waals surface area contributed by atoms with Crippen LogP contribution in [0.25, 0.3) is 0 Å². The number of rotatable bonds is 3. The van der Waals surface area contributed by atoms with Crippen molar-refractivity contribution in [2.24, 2.45) is 5.92 Å². The SMILES string of the molecule is CC(NC(=O)c1ccc(I)c(Cl)c1)C1CCCCC1. The van der Waals surface area contributed by atoms with Gasteiger partial charge < -0.3 is 5.32 Å².